The molecule has 1 N–H and O–H groups in total. The summed E-state index contributed by atoms with van der Waals surface area (Å²) in [5, 5.41) is 0.0481. The van der Waals surface area contributed by atoms with Crippen LogP contribution in [-0.4, -0.2) is 24.6 Å². The first-order valence-corrected chi connectivity index (χ1v) is 8.18. The predicted molar refractivity (Wildman–Crippen MR) is 77.6 cm³/mol. The van der Waals surface area contributed by atoms with Gasteiger partial charge in [0.05, 0.1) is 6.61 Å². The summed E-state index contributed by atoms with van der Waals surface area (Å²) in [6.07, 6.45) is 2.38. The van der Waals surface area contributed by atoms with Crippen molar-refractivity contribution in [2.75, 3.05) is 6.61 Å². The van der Waals surface area contributed by atoms with E-state index < -0.39 is 10.0 Å². The first kappa shape index (κ1) is 14.1. The van der Waals surface area contributed by atoms with Gasteiger partial charge in [-0.15, -0.1) is 0 Å². The average molecular weight is 307 g/mol. The minimum Gasteiger partial charge on any atom is -0.493 e. The molecule has 0 radical (unpaired) electrons. The van der Waals surface area contributed by atoms with Gasteiger partial charge in [-0.3, -0.25) is 0 Å². The third kappa shape index (κ3) is 2.79. The number of nitrogens with one attached hydrogen (secondary N) is 1. The Morgan fingerprint density at radius 2 is 2.24 bits per heavy atom. The van der Waals surface area contributed by atoms with E-state index in [1.807, 2.05) is 18.2 Å². The number of sulfonamides is 1. The van der Waals surface area contributed by atoms with Crippen LogP contribution in [0.15, 0.2) is 29.4 Å². The molecule has 0 saturated heterocycles. The molecule has 6 nitrogen and oxygen atoms in total. The molecule has 1 aromatic heterocycles. The summed E-state index contributed by atoms with van der Waals surface area (Å²) < 4.78 is 34.1. The quantitative estimate of drug-likeness (QED) is 0.919. The summed E-state index contributed by atoms with van der Waals surface area (Å²) in [5.74, 6) is 1.55. The zero-order valence-corrected chi connectivity index (χ0v) is 12.8. The van der Waals surface area contributed by atoms with Gasteiger partial charge in [-0.25, -0.2) is 18.1 Å². The topological polar surface area (TPSA) is 73.2 Å². The molecule has 0 amide bonds. The van der Waals surface area contributed by atoms with Gasteiger partial charge < -0.3 is 9.30 Å². The van der Waals surface area contributed by atoms with Crippen LogP contribution in [0.4, 0.5) is 0 Å². The lowest BCUT2D eigenvalue weighted by Gasteiger charge is -2.06. The zero-order chi connectivity index (χ0) is 15.0. The van der Waals surface area contributed by atoms with Gasteiger partial charge in [0.25, 0.3) is 10.0 Å². The van der Waals surface area contributed by atoms with Crippen molar-refractivity contribution < 1.29 is 13.2 Å². The molecule has 2 heterocycles. The van der Waals surface area contributed by atoms with Crippen LogP contribution < -0.4 is 9.46 Å². The Labute approximate surface area is 123 Å². The molecule has 1 aromatic carbocycles. The van der Waals surface area contributed by atoms with Crippen molar-refractivity contribution in [3.63, 3.8) is 0 Å². The first-order valence-electron chi connectivity index (χ1n) is 6.70. The number of nitrogens with zero attached hydrogens (tertiary/aromatic N) is 2. The van der Waals surface area contributed by atoms with E-state index in [1.54, 1.807) is 18.5 Å². The third-order valence-electron chi connectivity index (χ3n) is 3.58. The Kier molecular flexibility index (Phi) is 3.46. The second-order valence-electron chi connectivity index (χ2n) is 5.10. The molecule has 21 heavy (non-hydrogen) atoms. The molecule has 0 spiro atoms. The van der Waals surface area contributed by atoms with E-state index in [0.29, 0.717) is 12.4 Å². The van der Waals surface area contributed by atoms with Crippen LogP contribution in [0, 0.1) is 6.92 Å². The summed E-state index contributed by atoms with van der Waals surface area (Å²) in [7, 11) is -1.82. The molecule has 2 aromatic rings. The van der Waals surface area contributed by atoms with E-state index in [4.69, 9.17) is 4.74 Å². The molecule has 0 saturated carbocycles. The molecule has 0 unspecified atom stereocenters. The monoisotopic (exact) mass is 307 g/mol. The van der Waals surface area contributed by atoms with Crippen molar-refractivity contribution in [1.82, 2.24) is 14.3 Å². The highest BCUT2D eigenvalue weighted by atomic mass is 32.2. The molecule has 0 atom stereocenters. The highest BCUT2D eigenvalue weighted by Gasteiger charge is 2.19. The lowest BCUT2D eigenvalue weighted by molar-refractivity contribution is 0.357. The van der Waals surface area contributed by atoms with Crippen LogP contribution in [0.2, 0.25) is 0 Å². The van der Waals surface area contributed by atoms with E-state index in [2.05, 4.69) is 9.71 Å². The van der Waals surface area contributed by atoms with Crippen LogP contribution in [0.1, 0.15) is 17.0 Å². The van der Waals surface area contributed by atoms with Crippen molar-refractivity contribution in [3.05, 3.63) is 41.3 Å². The van der Waals surface area contributed by atoms with Gasteiger partial charge in [0.1, 0.15) is 11.6 Å². The van der Waals surface area contributed by atoms with E-state index >= 15 is 0 Å². The second kappa shape index (κ2) is 5.16. The molecule has 0 bridgehead atoms. The van der Waals surface area contributed by atoms with Crippen molar-refractivity contribution in [2.24, 2.45) is 7.05 Å². The number of hydrogen-bond donors (Lipinski definition) is 1. The molecule has 112 valence electrons. The second-order valence-corrected chi connectivity index (χ2v) is 6.82. The number of imidazole rings is 1. The molecule has 3 rings (SSSR count). The van der Waals surface area contributed by atoms with Crippen LogP contribution in [-0.2, 0) is 30.0 Å². The molecular formula is C14H17N3O3S. The number of fused-ring (bicyclic) bond motifs is 1. The third-order valence-corrected chi connectivity index (χ3v) is 4.85. The molecule has 7 heteroatoms. The van der Waals surface area contributed by atoms with Gasteiger partial charge in [-0.1, -0.05) is 12.1 Å². The molecule has 0 aliphatic carbocycles. The minimum absolute atomic E-state index is 0.0481. The van der Waals surface area contributed by atoms with Gasteiger partial charge in [-0.2, -0.15) is 0 Å². The summed E-state index contributed by atoms with van der Waals surface area (Å²) >= 11 is 0. The fourth-order valence-electron chi connectivity index (χ4n) is 2.26. The lowest BCUT2D eigenvalue weighted by atomic mass is 10.1. The smallest absolute Gasteiger partial charge is 0.259 e. The van der Waals surface area contributed by atoms with E-state index in [1.165, 1.54) is 6.20 Å². The molecule has 0 fully saturated rings. The maximum atomic E-state index is 12.2. The van der Waals surface area contributed by atoms with E-state index in [0.717, 1.165) is 23.3 Å². The number of benzene rings is 1. The van der Waals surface area contributed by atoms with E-state index in [9.17, 15) is 8.42 Å². The maximum absolute atomic E-state index is 12.2. The largest absolute Gasteiger partial charge is 0.493 e. The summed E-state index contributed by atoms with van der Waals surface area (Å²) in [4.78, 5) is 4.04. The minimum atomic E-state index is -3.59. The van der Waals surface area contributed by atoms with Gasteiger partial charge in [0, 0.05) is 26.2 Å². The van der Waals surface area contributed by atoms with Gasteiger partial charge in [0.15, 0.2) is 5.03 Å². The molecular weight excluding hydrogens is 290 g/mol. The number of ether oxygens (including phenoxy) is 1. The summed E-state index contributed by atoms with van der Waals surface area (Å²) in [5.41, 5.74) is 2.04. The highest BCUT2D eigenvalue weighted by molar-refractivity contribution is 7.89. The van der Waals surface area contributed by atoms with Gasteiger partial charge in [-0.05, 0) is 24.1 Å². The fraction of sp³-hybridized carbons (Fsp3) is 0.357. The normalized spacial score (nSPS) is 14.0. The Bertz CT molecular complexity index is 761. The van der Waals surface area contributed by atoms with Crippen molar-refractivity contribution in [1.29, 1.82) is 0 Å². The molecule has 1 aliphatic heterocycles. The first-order chi connectivity index (χ1) is 9.95. The lowest BCUT2D eigenvalue weighted by Crippen LogP contribution is -2.23. The fourth-order valence-corrected chi connectivity index (χ4v) is 3.31. The Morgan fingerprint density at radius 3 is 2.95 bits per heavy atom. The van der Waals surface area contributed by atoms with Gasteiger partial charge >= 0.3 is 0 Å². The Morgan fingerprint density at radius 1 is 1.43 bits per heavy atom. The summed E-state index contributed by atoms with van der Waals surface area (Å²) in [6, 6.07) is 5.74. The van der Waals surface area contributed by atoms with Crippen molar-refractivity contribution in [3.8, 4) is 5.75 Å². The number of aryl methyl sites for hydroxylation is 2. The number of aromatic nitrogens is 2. The van der Waals surface area contributed by atoms with Crippen LogP contribution in [0.3, 0.4) is 0 Å². The summed E-state index contributed by atoms with van der Waals surface area (Å²) in [6.45, 7) is 2.70. The predicted octanol–water partition coefficient (Wildman–Crippen LogP) is 1.14. The van der Waals surface area contributed by atoms with Crippen LogP contribution >= 0.6 is 0 Å². The maximum Gasteiger partial charge on any atom is 0.259 e. The SMILES string of the molecule is Cc1nc(S(=O)(=O)NCc2ccc3c(c2)CCO3)cn1C. The Hall–Kier alpha value is -1.86. The van der Waals surface area contributed by atoms with Crippen LogP contribution in [0.5, 0.6) is 5.75 Å². The van der Waals surface area contributed by atoms with Crippen molar-refractivity contribution in [2.45, 2.75) is 24.9 Å². The number of rotatable bonds is 4. The number of hydrogen-bond acceptors (Lipinski definition) is 4. The Balaban J connectivity index is 1.75. The highest BCUT2D eigenvalue weighted by Crippen LogP contribution is 2.25. The zero-order valence-electron chi connectivity index (χ0n) is 12.0. The molecule has 1 aliphatic rings. The van der Waals surface area contributed by atoms with Crippen LogP contribution in [0.25, 0.3) is 0 Å². The van der Waals surface area contributed by atoms with E-state index in [-0.39, 0.29) is 11.6 Å². The standard InChI is InChI=1S/C14H17N3O3S/c1-10-16-14(9-17(10)2)21(18,19)15-8-11-3-4-13-12(7-11)5-6-20-13/h3-4,7,9,15H,5-6,8H2,1-2H3. The average Bonchev–Trinajstić information content (AvgIpc) is 3.04. The van der Waals surface area contributed by atoms with Crippen molar-refractivity contribution >= 4 is 10.0 Å². The van der Waals surface area contributed by atoms with Gasteiger partial charge in [0.2, 0.25) is 0 Å².